The molecule has 0 spiro atoms. The smallest absolute Gasteiger partial charge is 0.162 e. The van der Waals surface area contributed by atoms with Gasteiger partial charge in [0.1, 0.15) is 0 Å². The number of hydrogen-bond acceptors (Lipinski definition) is 3. The summed E-state index contributed by atoms with van der Waals surface area (Å²) in [7, 11) is 0. The molecule has 0 saturated carbocycles. The van der Waals surface area contributed by atoms with Crippen LogP contribution in [0.2, 0.25) is 0 Å². The monoisotopic (exact) mass is 325 g/mol. The predicted molar refractivity (Wildman–Crippen MR) is 97.4 cm³/mol. The summed E-state index contributed by atoms with van der Waals surface area (Å²) in [6, 6.07) is 16.6. The van der Waals surface area contributed by atoms with Gasteiger partial charge in [0.15, 0.2) is 11.5 Å². The molecular weight excluding hydrogens is 298 g/mol. The van der Waals surface area contributed by atoms with E-state index in [1.807, 2.05) is 25.1 Å². The van der Waals surface area contributed by atoms with Crippen molar-refractivity contribution < 1.29 is 9.84 Å². The van der Waals surface area contributed by atoms with Gasteiger partial charge in [0, 0.05) is 12.1 Å². The Labute approximate surface area is 144 Å². The molecule has 0 atom stereocenters. The van der Waals surface area contributed by atoms with E-state index in [2.05, 4.69) is 35.2 Å². The predicted octanol–water partition coefficient (Wildman–Crippen LogP) is 4.25. The third kappa shape index (κ3) is 4.30. The summed E-state index contributed by atoms with van der Waals surface area (Å²) in [6.45, 7) is 5.49. The van der Waals surface area contributed by atoms with Crippen molar-refractivity contribution in [3.05, 3.63) is 59.7 Å². The summed E-state index contributed by atoms with van der Waals surface area (Å²) >= 11 is 0. The third-order valence-corrected chi connectivity index (χ3v) is 4.85. The van der Waals surface area contributed by atoms with Gasteiger partial charge >= 0.3 is 0 Å². The van der Waals surface area contributed by atoms with Crippen molar-refractivity contribution in [1.82, 2.24) is 4.90 Å². The molecular formula is C21H27NO2. The van der Waals surface area contributed by atoms with Gasteiger partial charge in [-0.25, -0.2) is 0 Å². The van der Waals surface area contributed by atoms with E-state index in [0.29, 0.717) is 18.1 Å². The summed E-state index contributed by atoms with van der Waals surface area (Å²) < 4.78 is 5.48. The molecule has 1 aliphatic rings. The molecule has 128 valence electrons. The normalized spacial score (nSPS) is 16.2. The summed E-state index contributed by atoms with van der Waals surface area (Å²) in [6.07, 6.45) is 3.63. The van der Waals surface area contributed by atoms with E-state index in [1.165, 1.54) is 24.8 Å². The first kappa shape index (κ1) is 16.8. The number of likely N-dealkylation sites (tertiary alicyclic amines) is 1. The molecule has 1 fully saturated rings. The molecule has 0 aliphatic carbocycles. The first-order chi connectivity index (χ1) is 11.8. The Morgan fingerprint density at radius 1 is 1.04 bits per heavy atom. The van der Waals surface area contributed by atoms with E-state index >= 15 is 0 Å². The summed E-state index contributed by atoms with van der Waals surface area (Å²) in [5.41, 5.74) is 2.40. The van der Waals surface area contributed by atoms with E-state index in [-0.39, 0.29) is 0 Å². The lowest BCUT2D eigenvalue weighted by Crippen LogP contribution is -2.33. The number of rotatable bonds is 6. The second-order valence-electron chi connectivity index (χ2n) is 6.61. The second-order valence-corrected chi connectivity index (χ2v) is 6.61. The molecule has 0 radical (unpaired) electrons. The Morgan fingerprint density at radius 2 is 1.79 bits per heavy atom. The highest BCUT2D eigenvalue weighted by Crippen LogP contribution is 2.31. The minimum absolute atomic E-state index is 0.297. The van der Waals surface area contributed by atoms with Gasteiger partial charge in [-0.3, -0.25) is 4.90 Å². The molecule has 3 rings (SSSR count). The van der Waals surface area contributed by atoms with Crippen LogP contribution in [0.15, 0.2) is 48.5 Å². The van der Waals surface area contributed by atoms with Gasteiger partial charge in [0.2, 0.25) is 0 Å². The Hall–Kier alpha value is -2.00. The van der Waals surface area contributed by atoms with Gasteiger partial charge in [-0.05, 0) is 56.8 Å². The van der Waals surface area contributed by atoms with Crippen LogP contribution in [0.3, 0.4) is 0 Å². The molecule has 0 unspecified atom stereocenters. The van der Waals surface area contributed by atoms with Gasteiger partial charge in [-0.2, -0.15) is 0 Å². The first-order valence-corrected chi connectivity index (χ1v) is 8.96. The van der Waals surface area contributed by atoms with Crippen LogP contribution >= 0.6 is 0 Å². The minimum Gasteiger partial charge on any atom is -0.504 e. The van der Waals surface area contributed by atoms with Crippen molar-refractivity contribution in [3.8, 4) is 11.5 Å². The number of phenolic OH excluding ortho intramolecular Hbond substituents is 1. The summed E-state index contributed by atoms with van der Waals surface area (Å²) in [5, 5.41) is 10.3. The number of para-hydroxylation sites is 1. The van der Waals surface area contributed by atoms with Crippen LogP contribution in [-0.4, -0.2) is 29.7 Å². The maximum atomic E-state index is 10.3. The van der Waals surface area contributed by atoms with Gasteiger partial charge in [0.05, 0.1) is 6.61 Å². The fourth-order valence-electron chi connectivity index (χ4n) is 3.50. The van der Waals surface area contributed by atoms with Crippen LogP contribution < -0.4 is 4.74 Å². The van der Waals surface area contributed by atoms with Gasteiger partial charge in [-0.1, -0.05) is 42.5 Å². The summed E-state index contributed by atoms with van der Waals surface area (Å²) in [5.74, 6) is 1.66. The molecule has 3 heteroatoms. The van der Waals surface area contributed by atoms with Crippen molar-refractivity contribution in [2.24, 2.45) is 5.92 Å². The Bertz CT molecular complexity index is 634. The zero-order chi connectivity index (χ0) is 16.8. The highest BCUT2D eigenvalue weighted by atomic mass is 16.5. The van der Waals surface area contributed by atoms with Crippen molar-refractivity contribution in [2.75, 3.05) is 19.7 Å². The molecule has 0 aromatic heterocycles. The van der Waals surface area contributed by atoms with Crippen molar-refractivity contribution in [3.63, 3.8) is 0 Å². The molecule has 3 nitrogen and oxygen atoms in total. The number of aromatic hydroxyl groups is 1. The van der Waals surface area contributed by atoms with E-state index in [0.717, 1.165) is 31.1 Å². The number of hydrogen-bond donors (Lipinski definition) is 1. The Balaban J connectivity index is 1.53. The number of phenols is 1. The lowest BCUT2D eigenvalue weighted by atomic mass is 9.90. The van der Waals surface area contributed by atoms with Crippen LogP contribution in [0, 0.1) is 5.92 Å². The molecule has 24 heavy (non-hydrogen) atoms. The average Bonchev–Trinajstić information content (AvgIpc) is 2.61. The Morgan fingerprint density at radius 3 is 2.50 bits per heavy atom. The van der Waals surface area contributed by atoms with Crippen LogP contribution in [0.5, 0.6) is 11.5 Å². The molecule has 1 N–H and O–H groups in total. The molecule has 2 aromatic rings. The van der Waals surface area contributed by atoms with Gasteiger partial charge in [0.25, 0.3) is 0 Å². The number of benzene rings is 2. The highest BCUT2D eigenvalue weighted by Gasteiger charge is 2.20. The van der Waals surface area contributed by atoms with Gasteiger partial charge in [-0.15, -0.1) is 0 Å². The topological polar surface area (TPSA) is 32.7 Å². The standard InChI is InChI=1S/C21H27NO2/c1-2-24-20-10-6-9-19(21(20)23)16-22-13-11-18(12-14-22)15-17-7-4-3-5-8-17/h3-10,18,23H,2,11-16H2,1H3. The van der Waals surface area contributed by atoms with Crippen LogP contribution in [-0.2, 0) is 13.0 Å². The number of nitrogens with zero attached hydrogens (tertiary/aromatic N) is 1. The summed E-state index contributed by atoms with van der Waals surface area (Å²) in [4.78, 5) is 2.44. The van der Waals surface area contributed by atoms with Crippen LogP contribution in [0.4, 0.5) is 0 Å². The maximum absolute atomic E-state index is 10.3. The van der Waals surface area contributed by atoms with Gasteiger partial charge < -0.3 is 9.84 Å². The quantitative estimate of drug-likeness (QED) is 0.862. The van der Waals surface area contributed by atoms with Crippen molar-refractivity contribution in [2.45, 2.75) is 32.7 Å². The highest BCUT2D eigenvalue weighted by molar-refractivity contribution is 5.45. The first-order valence-electron chi connectivity index (χ1n) is 8.96. The van der Waals surface area contributed by atoms with E-state index in [1.54, 1.807) is 0 Å². The lowest BCUT2D eigenvalue weighted by Gasteiger charge is -2.32. The number of piperidine rings is 1. The SMILES string of the molecule is CCOc1cccc(CN2CCC(Cc3ccccc3)CC2)c1O. The van der Waals surface area contributed by atoms with Crippen molar-refractivity contribution >= 4 is 0 Å². The third-order valence-electron chi connectivity index (χ3n) is 4.85. The Kier molecular flexibility index (Phi) is 5.76. The second kappa shape index (κ2) is 8.20. The fraction of sp³-hybridized carbons (Fsp3) is 0.429. The molecule has 1 heterocycles. The van der Waals surface area contributed by atoms with Crippen LogP contribution in [0.1, 0.15) is 30.9 Å². The zero-order valence-electron chi connectivity index (χ0n) is 14.4. The molecule has 0 amide bonds. The molecule has 0 bridgehead atoms. The maximum Gasteiger partial charge on any atom is 0.162 e. The minimum atomic E-state index is 0.297. The van der Waals surface area contributed by atoms with Crippen LogP contribution in [0.25, 0.3) is 0 Å². The molecule has 2 aromatic carbocycles. The van der Waals surface area contributed by atoms with E-state index in [4.69, 9.17) is 4.74 Å². The fourth-order valence-corrected chi connectivity index (χ4v) is 3.50. The van der Waals surface area contributed by atoms with E-state index in [9.17, 15) is 5.11 Å². The molecule has 1 aliphatic heterocycles. The lowest BCUT2D eigenvalue weighted by molar-refractivity contribution is 0.175. The van der Waals surface area contributed by atoms with E-state index < -0.39 is 0 Å². The van der Waals surface area contributed by atoms with Crippen molar-refractivity contribution in [1.29, 1.82) is 0 Å². The molecule has 1 saturated heterocycles. The number of ether oxygens (including phenoxy) is 1. The largest absolute Gasteiger partial charge is 0.504 e. The zero-order valence-corrected chi connectivity index (χ0v) is 14.4. The average molecular weight is 325 g/mol.